The van der Waals surface area contributed by atoms with Gasteiger partial charge in [0.1, 0.15) is 11.5 Å². The summed E-state index contributed by atoms with van der Waals surface area (Å²) in [5.41, 5.74) is 4.97. The van der Waals surface area contributed by atoms with E-state index in [4.69, 9.17) is 5.73 Å². The third-order valence-corrected chi connectivity index (χ3v) is 1.81. The third kappa shape index (κ3) is 2.07. The number of hydrogen-bond acceptors (Lipinski definition) is 2. The molecule has 0 aromatic carbocycles. The number of rotatable bonds is 1. The Bertz CT molecular complexity index is 369. The second-order valence-electron chi connectivity index (χ2n) is 4.14. The van der Waals surface area contributed by atoms with Crippen LogP contribution in [0.3, 0.4) is 0 Å². The third-order valence-electron chi connectivity index (χ3n) is 1.81. The molecule has 0 bridgehead atoms. The van der Waals surface area contributed by atoms with E-state index < -0.39 is 17.1 Å². The second kappa shape index (κ2) is 3.36. The summed E-state index contributed by atoms with van der Waals surface area (Å²) in [6, 6.07) is 2.50. The Labute approximate surface area is 82.1 Å². The predicted molar refractivity (Wildman–Crippen MR) is 51.4 cm³/mol. The minimum atomic E-state index is -0.643. The van der Waals surface area contributed by atoms with E-state index in [2.05, 4.69) is 4.98 Å². The van der Waals surface area contributed by atoms with Crippen LogP contribution in [0.1, 0.15) is 37.0 Å². The maximum absolute atomic E-state index is 13.3. The van der Waals surface area contributed by atoms with E-state index in [0.29, 0.717) is 0 Å². The number of halogens is 1. The summed E-state index contributed by atoms with van der Waals surface area (Å²) in [5.74, 6) is -1.06. The number of primary amides is 1. The van der Waals surface area contributed by atoms with E-state index in [0.717, 1.165) is 0 Å². The summed E-state index contributed by atoms with van der Waals surface area (Å²) in [4.78, 5) is 14.7. The number of hydrogen-bond donors (Lipinski definition) is 1. The molecule has 1 amide bonds. The van der Waals surface area contributed by atoms with Crippen molar-refractivity contribution < 1.29 is 9.18 Å². The van der Waals surface area contributed by atoms with Crippen LogP contribution < -0.4 is 5.73 Å². The Morgan fingerprint density at radius 2 is 2.00 bits per heavy atom. The van der Waals surface area contributed by atoms with Gasteiger partial charge in [0.15, 0.2) is 0 Å². The highest BCUT2D eigenvalue weighted by Gasteiger charge is 2.21. The number of amides is 1. The van der Waals surface area contributed by atoms with E-state index in [-0.39, 0.29) is 11.4 Å². The molecule has 0 saturated carbocycles. The van der Waals surface area contributed by atoms with Crippen LogP contribution in [0.25, 0.3) is 0 Å². The number of nitrogens with two attached hydrogens (primary N) is 1. The average Bonchev–Trinajstić information content (AvgIpc) is 2.02. The van der Waals surface area contributed by atoms with Gasteiger partial charge in [-0.25, -0.2) is 9.37 Å². The monoisotopic (exact) mass is 196 g/mol. The normalized spacial score (nSPS) is 11.4. The van der Waals surface area contributed by atoms with Crippen LogP contribution in [0.2, 0.25) is 0 Å². The Balaban J connectivity index is 3.29. The van der Waals surface area contributed by atoms with Gasteiger partial charge in [-0.1, -0.05) is 20.8 Å². The summed E-state index contributed by atoms with van der Waals surface area (Å²) in [5, 5.41) is 0. The standard InChI is InChI=1S/C10H13FN2O/c1-10(2,3)8-6(11)4-5-7(13-8)9(12)14/h4-5H,1-3H3,(H2,12,14). The first-order chi connectivity index (χ1) is 6.32. The lowest BCUT2D eigenvalue weighted by molar-refractivity contribution is 0.0995. The molecule has 0 atom stereocenters. The summed E-state index contributed by atoms with van der Waals surface area (Å²) in [6.45, 7) is 5.47. The van der Waals surface area contributed by atoms with Crippen molar-refractivity contribution in [2.24, 2.45) is 5.73 Å². The first kappa shape index (κ1) is 10.6. The molecule has 3 nitrogen and oxygen atoms in total. The molecule has 0 radical (unpaired) electrons. The summed E-state index contributed by atoms with van der Waals surface area (Å²) >= 11 is 0. The van der Waals surface area contributed by atoms with E-state index in [1.54, 1.807) is 0 Å². The molecule has 14 heavy (non-hydrogen) atoms. The highest BCUT2D eigenvalue weighted by atomic mass is 19.1. The fourth-order valence-electron chi connectivity index (χ4n) is 1.11. The zero-order valence-electron chi connectivity index (χ0n) is 8.47. The zero-order valence-corrected chi connectivity index (χ0v) is 8.47. The van der Waals surface area contributed by atoms with E-state index in [1.807, 2.05) is 20.8 Å². The quantitative estimate of drug-likeness (QED) is 0.742. The van der Waals surface area contributed by atoms with Crippen molar-refractivity contribution in [3.63, 3.8) is 0 Å². The van der Waals surface area contributed by atoms with Crippen molar-refractivity contribution in [3.05, 3.63) is 29.3 Å². The summed E-state index contributed by atoms with van der Waals surface area (Å²) in [6.07, 6.45) is 0. The highest BCUT2D eigenvalue weighted by Crippen LogP contribution is 2.22. The summed E-state index contributed by atoms with van der Waals surface area (Å²) < 4.78 is 13.3. The molecule has 0 saturated heterocycles. The average molecular weight is 196 g/mol. The van der Waals surface area contributed by atoms with Gasteiger partial charge in [-0.05, 0) is 12.1 Å². The lowest BCUT2D eigenvalue weighted by Gasteiger charge is -2.18. The maximum Gasteiger partial charge on any atom is 0.267 e. The number of aromatic nitrogens is 1. The van der Waals surface area contributed by atoms with E-state index in [1.165, 1.54) is 12.1 Å². The smallest absolute Gasteiger partial charge is 0.267 e. The Hall–Kier alpha value is -1.45. The molecule has 1 aromatic heterocycles. The largest absolute Gasteiger partial charge is 0.364 e. The predicted octanol–water partition coefficient (Wildman–Crippen LogP) is 1.62. The van der Waals surface area contributed by atoms with Crippen molar-refractivity contribution >= 4 is 5.91 Å². The van der Waals surface area contributed by atoms with Gasteiger partial charge in [0.2, 0.25) is 0 Å². The molecule has 4 heteroatoms. The summed E-state index contributed by atoms with van der Waals surface area (Å²) in [7, 11) is 0. The van der Waals surface area contributed by atoms with Crippen molar-refractivity contribution in [2.45, 2.75) is 26.2 Å². The molecular formula is C10H13FN2O. The highest BCUT2D eigenvalue weighted by molar-refractivity contribution is 5.90. The Kier molecular flexibility index (Phi) is 2.55. The van der Waals surface area contributed by atoms with Crippen molar-refractivity contribution in [1.82, 2.24) is 4.98 Å². The van der Waals surface area contributed by atoms with Gasteiger partial charge < -0.3 is 5.73 Å². The zero-order chi connectivity index (χ0) is 10.9. The van der Waals surface area contributed by atoms with Crippen molar-refractivity contribution in [2.75, 3.05) is 0 Å². The van der Waals surface area contributed by atoms with E-state index >= 15 is 0 Å². The first-order valence-electron chi connectivity index (χ1n) is 4.29. The van der Waals surface area contributed by atoms with Crippen LogP contribution in [-0.4, -0.2) is 10.9 Å². The van der Waals surface area contributed by atoms with Gasteiger partial charge in [-0.2, -0.15) is 0 Å². The molecular weight excluding hydrogens is 183 g/mol. The number of carbonyl (C=O) groups is 1. The molecule has 2 N–H and O–H groups in total. The molecule has 0 aliphatic heterocycles. The van der Waals surface area contributed by atoms with Crippen LogP contribution in [-0.2, 0) is 5.41 Å². The molecule has 0 fully saturated rings. The molecule has 1 aromatic rings. The van der Waals surface area contributed by atoms with Crippen LogP contribution in [0, 0.1) is 5.82 Å². The van der Waals surface area contributed by atoms with Crippen LogP contribution in [0.5, 0.6) is 0 Å². The topological polar surface area (TPSA) is 56.0 Å². The fourth-order valence-corrected chi connectivity index (χ4v) is 1.11. The second-order valence-corrected chi connectivity index (χ2v) is 4.14. The van der Waals surface area contributed by atoms with Gasteiger partial charge >= 0.3 is 0 Å². The van der Waals surface area contributed by atoms with Gasteiger partial charge in [-0.3, -0.25) is 4.79 Å². The molecule has 0 aliphatic rings. The lowest BCUT2D eigenvalue weighted by atomic mass is 9.91. The minimum absolute atomic E-state index is 0.0938. The first-order valence-corrected chi connectivity index (χ1v) is 4.29. The van der Waals surface area contributed by atoms with E-state index in [9.17, 15) is 9.18 Å². The lowest BCUT2D eigenvalue weighted by Crippen LogP contribution is -2.20. The van der Waals surface area contributed by atoms with Gasteiger partial charge in [0, 0.05) is 5.41 Å². The number of nitrogens with zero attached hydrogens (tertiary/aromatic N) is 1. The molecule has 1 rings (SSSR count). The Morgan fingerprint density at radius 1 is 1.43 bits per heavy atom. The fraction of sp³-hybridized carbons (Fsp3) is 0.400. The SMILES string of the molecule is CC(C)(C)c1nc(C(N)=O)ccc1F. The maximum atomic E-state index is 13.3. The van der Waals surface area contributed by atoms with Crippen molar-refractivity contribution in [3.8, 4) is 0 Å². The van der Waals surface area contributed by atoms with Gasteiger partial charge in [-0.15, -0.1) is 0 Å². The minimum Gasteiger partial charge on any atom is -0.364 e. The molecule has 0 aliphatic carbocycles. The molecule has 0 spiro atoms. The Morgan fingerprint density at radius 3 is 2.43 bits per heavy atom. The van der Waals surface area contributed by atoms with Crippen LogP contribution in [0.15, 0.2) is 12.1 Å². The number of pyridine rings is 1. The van der Waals surface area contributed by atoms with Crippen molar-refractivity contribution in [1.29, 1.82) is 0 Å². The molecule has 0 unspecified atom stereocenters. The molecule has 76 valence electrons. The van der Waals surface area contributed by atoms with Crippen LogP contribution in [0.4, 0.5) is 4.39 Å². The van der Waals surface area contributed by atoms with Gasteiger partial charge in [0.05, 0.1) is 5.69 Å². The number of carbonyl (C=O) groups excluding carboxylic acids is 1. The van der Waals surface area contributed by atoms with Gasteiger partial charge in [0.25, 0.3) is 5.91 Å². The van der Waals surface area contributed by atoms with Crippen LogP contribution >= 0.6 is 0 Å². The molecule has 1 heterocycles.